The molecule has 0 saturated carbocycles. The number of hydrogen-bond donors (Lipinski definition) is 1. The molecule has 0 unspecified atom stereocenters. The fraction of sp³-hybridized carbons (Fsp3) is 0.385. The van der Waals surface area contributed by atoms with E-state index in [-0.39, 0.29) is 6.61 Å². The van der Waals surface area contributed by atoms with E-state index in [0.29, 0.717) is 6.04 Å². The lowest BCUT2D eigenvalue weighted by Gasteiger charge is -2.14. The fourth-order valence-corrected chi connectivity index (χ4v) is 2.23. The molecule has 2 aromatic rings. The summed E-state index contributed by atoms with van der Waals surface area (Å²) >= 11 is 0. The number of nitrogens with zero attached hydrogens (tertiary/aromatic N) is 1. The molecule has 0 fully saturated rings. The van der Waals surface area contributed by atoms with E-state index in [1.807, 2.05) is 0 Å². The van der Waals surface area contributed by atoms with Crippen molar-refractivity contribution in [3.8, 4) is 0 Å². The molecule has 0 radical (unpaired) electrons. The second-order valence-electron chi connectivity index (χ2n) is 4.27. The molecule has 1 N–H and O–H groups in total. The number of aliphatic hydroxyl groups is 1. The lowest BCUT2D eigenvalue weighted by atomic mass is 10.1. The zero-order valence-corrected chi connectivity index (χ0v) is 9.49. The van der Waals surface area contributed by atoms with Crippen LogP contribution >= 0.6 is 0 Å². The average molecular weight is 203 g/mol. The third-order valence-corrected chi connectivity index (χ3v) is 2.82. The van der Waals surface area contributed by atoms with Crippen LogP contribution in [0.3, 0.4) is 0 Å². The standard InChI is InChI=1S/C13H17NO/c1-9(2)14-12(8-15)7-11-6-4-5-10(3)13(11)14/h4-7,9,15H,8H2,1-3H3. The number of aryl methyl sites for hydroxylation is 1. The SMILES string of the molecule is Cc1cccc2cc(CO)n(C(C)C)c12. The van der Waals surface area contributed by atoms with Crippen molar-refractivity contribution < 1.29 is 5.11 Å². The largest absolute Gasteiger partial charge is 0.390 e. The third kappa shape index (κ3) is 1.55. The molecular weight excluding hydrogens is 186 g/mol. The zero-order chi connectivity index (χ0) is 11.0. The van der Waals surface area contributed by atoms with Crippen LogP contribution in [0.15, 0.2) is 24.3 Å². The van der Waals surface area contributed by atoms with Gasteiger partial charge in [-0.25, -0.2) is 0 Å². The topological polar surface area (TPSA) is 25.2 Å². The third-order valence-electron chi connectivity index (χ3n) is 2.82. The Labute approximate surface area is 90.2 Å². The van der Waals surface area contributed by atoms with Gasteiger partial charge in [0.05, 0.1) is 12.1 Å². The second-order valence-corrected chi connectivity index (χ2v) is 4.27. The van der Waals surface area contributed by atoms with Crippen molar-refractivity contribution in [2.75, 3.05) is 0 Å². The van der Waals surface area contributed by atoms with Crippen LogP contribution in [0.1, 0.15) is 31.1 Å². The van der Waals surface area contributed by atoms with Gasteiger partial charge in [0.15, 0.2) is 0 Å². The summed E-state index contributed by atoms with van der Waals surface area (Å²) in [5.74, 6) is 0. The summed E-state index contributed by atoms with van der Waals surface area (Å²) in [5.41, 5.74) is 3.51. The Kier molecular flexibility index (Phi) is 2.53. The highest BCUT2D eigenvalue weighted by molar-refractivity contribution is 5.84. The van der Waals surface area contributed by atoms with Crippen molar-refractivity contribution in [1.82, 2.24) is 4.57 Å². The van der Waals surface area contributed by atoms with Gasteiger partial charge in [0.1, 0.15) is 0 Å². The number of aliphatic hydroxyl groups excluding tert-OH is 1. The Hall–Kier alpha value is -1.28. The minimum Gasteiger partial charge on any atom is -0.390 e. The van der Waals surface area contributed by atoms with Gasteiger partial charge in [0.2, 0.25) is 0 Å². The Morgan fingerprint density at radius 3 is 2.67 bits per heavy atom. The van der Waals surface area contributed by atoms with Gasteiger partial charge in [-0.05, 0) is 32.4 Å². The molecule has 0 aliphatic carbocycles. The molecule has 0 bridgehead atoms. The first-order chi connectivity index (χ1) is 7.15. The van der Waals surface area contributed by atoms with E-state index >= 15 is 0 Å². The summed E-state index contributed by atoms with van der Waals surface area (Å²) in [4.78, 5) is 0. The first-order valence-corrected chi connectivity index (χ1v) is 5.35. The van der Waals surface area contributed by atoms with Gasteiger partial charge in [0.25, 0.3) is 0 Å². The molecule has 0 aliphatic heterocycles. The molecular formula is C13H17NO. The normalized spacial score (nSPS) is 11.5. The molecule has 2 rings (SSSR count). The van der Waals surface area contributed by atoms with Crippen molar-refractivity contribution in [2.24, 2.45) is 0 Å². The zero-order valence-electron chi connectivity index (χ0n) is 9.49. The molecule has 80 valence electrons. The van der Waals surface area contributed by atoms with Crippen molar-refractivity contribution in [3.05, 3.63) is 35.5 Å². The highest BCUT2D eigenvalue weighted by Crippen LogP contribution is 2.26. The molecule has 1 heterocycles. The number of rotatable bonds is 2. The average Bonchev–Trinajstić information content (AvgIpc) is 2.57. The van der Waals surface area contributed by atoms with Crippen LogP contribution in [0, 0.1) is 6.92 Å². The maximum atomic E-state index is 9.34. The van der Waals surface area contributed by atoms with Crippen LogP contribution in [0.2, 0.25) is 0 Å². The summed E-state index contributed by atoms with van der Waals surface area (Å²) < 4.78 is 2.21. The van der Waals surface area contributed by atoms with Crippen molar-refractivity contribution in [2.45, 2.75) is 33.4 Å². The summed E-state index contributed by atoms with van der Waals surface area (Å²) in [7, 11) is 0. The van der Waals surface area contributed by atoms with E-state index < -0.39 is 0 Å². The van der Waals surface area contributed by atoms with E-state index in [4.69, 9.17) is 0 Å². The van der Waals surface area contributed by atoms with Crippen LogP contribution in [0.25, 0.3) is 10.9 Å². The van der Waals surface area contributed by atoms with E-state index in [0.717, 1.165) is 5.69 Å². The van der Waals surface area contributed by atoms with E-state index in [9.17, 15) is 5.11 Å². The monoisotopic (exact) mass is 203 g/mol. The number of benzene rings is 1. The molecule has 2 nitrogen and oxygen atoms in total. The first-order valence-electron chi connectivity index (χ1n) is 5.35. The smallest absolute Gasteiger partial charge is 0.0833 e. The molecule has 2 heteroatoms. The van der Waals surface area contributed by atoms with Crippen LogP contribution in [0.5, 0.6) is 0 Å². The highest BCUT2D eigenvalue weighted by atomic mass is 16.3. The Balaban J connectivity index is 2.82. The summed E-state index contributed by atoms with van der Waals surface area (Å²) in [6.45, 7) is 6.50. The van der Waals surface area contributed by atoms with Gasteiger partial charge < -0.3 is 9.67 Å². The Morgan fingerprint density at radius 1 is 1.33 bits per heavy atom. The van der Waals surface area contributed by atoms with Crippen LogP contribution < -0.4 is 0 Å². The molecule has 0 aliphatic rings. The van der Waals surface area contributed by atoms with E-state index in [1.54, 1.807) is 0 Å². The van der Waals surface area contributed by atoms with Gasteiger partial charge in [0, 0.05) is 17.1 Å². The number of para-hydroxylation sites is 1. The molecule has 15 heavy (non-hydrogen) atoms. The summed E-state index contributed by atoms with van der Waals surface area (Å²) in [6.07, 6.45) is 0. The quantitative estimate of drug-likeness (QED) is 0.797. The minimum absolute atomic E-state index is 0.103. The lowest BCUT2D eigenvalue weighted by molar-refractivity contribution is 0.269. The predicted molar refractivity (Wildman–Crippen MR) is 63.0 cm³/mol. The molecule has 0 amide bonds. The molecule has 1 aromatic heterocycles. The van der Waals surface area contributed by atoms with Crippen molar-refractivity contribution in [1.29, 1.82) is 0 Å². The summed E-state index contributed by atoms with van der Waals surface area (Å²) in [6, 6.07) is 8.72. The summed E-state index contributed by atoms with van der Waals surface area (Å²) in [5, 5.41) is 10.6. The van der Waals surface area contributed by atoms with Gasteiger partial charge >= 0.3 is 0 Å². The van der Waals surface area contributed by atoms with Crippen LogP contribution in [0.4, 0.5) is 0 Å². The van der Waals surface area contributed by atoms with Gasteiger partial charge in [-0.2, -0.15) is 0 Å². The number of aromatic nitrogens is 1. The number of hydrogen-bond acceptors (Lipinski definition) is 1. The maximum Gasteiger partial charge on any atom is 0.0833 e. The molecule has 0 spiro atoms. The van der Waals surface area contributed by atoms with Gasteiger partial charge in [-0.15, -0.1) is 0 Å². The Bertz CT molecular complexity index is 482. The van der Waals surface area contributed by atoms with Crippen molar-refractivity contribution >= 4 is 10.9 Å². The molecule has 0 atom stereocenters. The van der Waals surface area contributed by atoms with Crippen LogP contribution in [-0.2, 0) is 6.61 Å². The molecule has 1 aromatic carbocycles. The second kappa shape index (κ2) is 3.70. The van der Waals surface area contributed by atoms with Crippen molar-refractivity contribution in [3.63, 3.8) is 0 Å². The minimum atomic E-state index is 0.103. The maximum absolute atomic E-state index is 9.34. The van der Waals surface area contributed by atoms with Gasteiger partial charge in [-0.3, -0.25) is 0 Å². The first kappa shape index (κ1) is 10.2. The van der Waals surface area contributed by atoms with E-state index in [2.05, 4.69) is 49.6 Å². The predicted octanol–water partition coefficient (Wildman–Crippen LogP) is 3.02. The van der Waals surface area contributed by atoms with E-state index in [1.165, 1.54) is 16.5 Å². The highest BCUT2D eigenvalue weighted by Gasteiger charge is 2.11. The van der Waals surface area contributed by atoms with Gasteiger partial charge in [-0.1, -0.05) is 18.2 Å². The van der Waals surface area contributed by atoms with Crippen LogP contribution in [-0.4, -0.2) is 9.67 Å². The lowest BCUT2D eigenvalue weighted by Crippen LogP contribution is -2.05. The Morgan fingerprint density at radius 2 is 2.07 bits per heavy atom. The fourth-order valence-electron chi connectivity index (χ4n) is 2.23. The molecule has 0 saturated heterocycles. The number of fused-ring (bicyclic) bond motifs is 1.